The van der Waals surface area contributed by atoms with E-state index in [-0.39, 0.29) is 23.3 Å². The Hall–Kier alpha value is -0.660. The van der Waals surface area contributed by atoms with Gasteiger partial charge < -0.3 is 10.6 Å². The number of rotatable bonds is 4. The van der Waals surface area contributed by atoms with Crippen LogP contribution in [0.2, 0.25) is 0 Å². The molecule has 2 fully saturated rings. The minimum absolute atomic E-state index is 0.182. The zero-order valence-electron chi connectivity index (χ0n) is 12.0. The van der Waals surface area contributed by atoms with E-state index in [4.69, 9.17) is 5.73 Å². The number of piperazine rings is 1. The van der Waals surface area contributed by atoms with E-state index in [1.165, 1.54) is 0 Å². The Bertz CT molecular complexity index is 416. The number of nitrogens with two attached hydrogens (primary N) is 1. The summed E-state index contributed by atoms with van der Waals surface area (Å²) in [5, 5.41) is 0. The molecule has 20 heavy (non-hydrogen) atoms. The molecule has 0 aliphatic carbocycles. The highest BCUT2D eigenvalue weighted by Gasteiger charge is 2.28. The van der Waals surface area contributed by atoms with Crippen LogP contribution in [0.3, 0.4) is 0 Å². The third-order valence-electron chi connectivity index (χ3n) is 4.31. The minimum Gasteiger partial charge on any atom is -0.340 e. The fraction of sp³-hybridized carbons (Fsp3) is 0.923. The van der Waals surface area contributed by atoms with Crippen molar-refractivity contribution in [2.24, 2.45) is 11.7 Å². The SMILES string of the molecule is NCCN1CCN(C(=O)CC2CCS(=O)(=O)CC2)CC1. The molecule has 0 spiro atoms. The molecule has 2 rings (SSSR count). The molecule has 2 saturated heterocycles. The summed E-state index contributed by atoms with van der Waals surface area (Å²) >= 11 is 0. The fourth-order valence-electron chi connectivity index (χ4n) is 2.92. The summed E-state index contributed by atoms with van der Waals surface area (Å²) in [6.07, 6.45) is 1.79. The van der Waals surface area contributed by atoms with Crippen molar-refractivity contribution in [1.82, 2.24) is 9.80 Å². The Kier molecular flexibility index (Phi) is 5.40. The monoisotopic (exact) mass is 303 g/mol. The fourth-order valence-corrected chi connectivity index (χ4v) is 4.51. The van der Waals surface area contributed by atoms with Crippen LogP contribution in [0, 0.1) is 5.92 Å². The van der Waals surface area contributed by atoms with Crippen LogP contribution in [0.15, 0.2) is 0 Å². The first-order valence-electron chi connectivity index (χ1n) is 7.41. The van der Waals surface area contributed by atoms with Gasteiger partial charge in [-0.1, -0.05) is 0 Å². The van der Waals surface area contributed by atoms with E-state index in [0.717, 1.165) is 32.7 Å². The first kappa shape index (κ1) is 15.7. The number of sulfone groups is 1. The summed E-state index contributed by atoms with van der Waals surface area (Å²) in [6.45, 7) is 4.87. The lowest BCUT2D eigenvalue weighted by Gasteiger charge is -2.35. The van der Waals surface area contributed by atoms with Crippen LogP contribution in [0.4, 0.5) is 0 Å². The molecule has 1 amide bonds. The molecule has 2 N–H and O–H groups in total. The number of carbonyl (C=O) groups is 1. The van der Waals surface area contributed by atoms with Gasteiger partial charge in [-0.3, -0.25) is 9.69 Å². The van der Waals surface area contributed by atoms with Crippen LogP contribution in [0.1, 0.15) is 19.3 Å². The second kappa shape index (κ2) is 6.87. The van der Waals surface area contributed by atoms with Gasteiger partial charge in [0.1, 0.15) is 9.84 Å². The summed E-state index contributed by atoms with van der Waals surface area (Å²) in [7, 11) is -2.83. The van der Waals surface area contributed by atoms with E-state index in [1.807, 2.05) is 4.90 Å². The van der Waals surface area contributed by atoms with E-state index in [0.29, 0.717) is 25.8 Å². The summed E-state index contributed by atoms with van der Waals surface area (Å²) < 4.78 is 22.7. The van der Waals surface area contributed by atoms with Crippen LogP contribution in [0.5, 0.6) is 0 Å². The Morgan fingerprint density at radius 1 is 1.10 bits per heavy atom. The lowest BCUT2D eigenvalue weighted by atomic mass is 9.98. The predicted molar refractivity (Wildman–Crippen MR) is 78.1 cm³/mol. The van der Waals surface area contributed by atoms with Gasteiger partial charge in [0.2, 0.25) is 5.91 Å². The number of nitrogens with zero attached hydrogens (tertiary/aromatic N) is 2. The highest BCUT2D eigenvalue weighted by Crippen LogP contribution is 2.23. The van der Waals surface area contributed by atoms with Crippen molar-refractivity contribution in [3.63, 3.8) is 0 Å². The third-order valence-corrected chi connectivity index (χ3v) is 6.02. The Labute approximate surface area is 121 Å². The lowest BCUT2D eigenvalue weighted by Crippen LogP contribution is -2.50. The van der Waals surface area contributed by atoms with Gasteiger partial charge >= 0.3 is 0 Å². The van der Waals surface area contributed by atoms with E-state index < -0.39 is 9.84 Å². The van der Waals surface area contributed by atoms with Crippen molar-refractivity contribution in [2.45, 2.75) is 19.3 Å². The maximum Gasteiger partial charge on any atom is 0.222 e. The zero-order chi connectivity index (χ0) is 14.6. The quantitative estimate of drug-likeness (QED) is 0.743. The average Bonchev–Trinajstić information content (AvgIpc) is 2.42. The minimum atomic E-state index is -2.83. The Morgan fingerprint density at radius 3 is 2.25 bits per heavy atom. The van der Waals surface area contributed by atoms with Gasteiger partial charge in [0, 0.05) is 45.7 Å². The number of amides is 1. The van der Waals surface area contributed by atoms with Crippen molar-refractivity contribution in [1.29, 1.82) is 0 Å². The summed E-state index contributed by atoms with van der Waals surface area (Å²) in [4.78, 5) is 16.4. The molecule has 0 radical (unpaired) electrons. The first-order valence-corrected chi connectivity index (χ1v) is 9.23. The topological polar surface area (TPSA) is 83.7 Å². The molecule has 0 saturated carbocycles. The van der Waals surface area contributed by atoms with Gasteiger partial charge in [0.25, 0.3) is 0 Å². The second-order valence-electron chi connectivity index (χ2n) is 5.81. The lowest BCUT2D eigenvalue weighted by molar-refractivity contribution is -0.134. The molecule has 2 heterocycles. The van der Waals surface area contributed by atoms with Crippen LogP contribution in [-0.4, -0.2) is 74.9 Å². The van der Waals surface area contributed by atoms with Crippen molar-refractivity contribution in [3.05, 3.63) is 0 Å². The standard InChI is InChI=1S/C13H25N3O3S/c14-3-4-15-5-7-16(8-6-15)13(17)11-12-1-9-20(18,19)10-2-12/h12H,1-11,14H2. The van der Waals surface area contributed by atoms with E-state index >= 15 is 0 Å². The first-order chi connectivity index (χ1) is 9.50. The van der Waals surface area contributed by atoms with Gasteiger partial charge in [-0.25, -0.2) is 8.42 Å². The molecule has 116 valence electrons. The van der Waals surface area contributed by atoms with Gasteiger partial charge in [0.05, 0.1) is 11.5 Å². The maximum absolute atomic E-state index is 12.2. The van der Waals surface area contributed by atoms with Crippen LogP contribution >= 0.6 is 0 Å². The predicted octanol–water partition coefficient (Wildman–Crippen LogP) is -0.696. The van der Waals surface area contributed by atoms with Crippen molar-refractivity contribution in [3.8, 4) is 0 Å². The summed E-state index contributed by atoms with van der Waals surface area (Å²) in [6, 6.07) is 0. The molecule has 2 aliphatic heterocycles. The van der Waals surface area contributed by atoms with E-state index in [2.05, 4.69) is 4.90 Å². The molecule has 0 aromatic rings. The normalized spacial score (nSPS) is 24.8. The largest absolute Gasteiger partial charge is 0.340 e. The van der Waals surface area contributed by atoms with Crippen LogP contribution < -0.4 is 5.73 Å². The Balaban J connectivity index is 1.73. The number of carbonyl (C=O) groups excluding carboxylic acids is 1. The zero-order valence-corrected chi connectivity index (χ0v) is 12.8. The molecule has 0 aromatic heterocycles. The van der Waals surface area contributed by atoms with Crippen molar-refractivity contribution in [2.75, 3.05) is 50.8 Å². The van der Waals surface area contributed by atoms with Gasteiger partial charge in [-0.05, 0) is 18.8 Å². The highest BCUT2D eigenvalue weighted by molar-refractivity contribution is 7.91. The molecule has 6 nitrogen and oxygen atoms in total. The molecule has 2 aliphatic rings. The molecule has 0 aromatic carbocycles. The molecule has 0 atom stereocenters. The molecule has 0 unspecified atom stereocenters. The number of hydrogen-bond donors (Lipinski definition) is 1. The van der Waals surface area contributed by atoms with Gasteiger partial charge in [-0.2, -0.15) is 0 Å². The van der Waals surface area contributed by atoms with Crippen LogP contribution in [0.25, 0.3) is 0 Å². The van der Waals surface area contributed by atoms with Gasteiger partial charge in [0.15, 0.2) is 0 Å². The second-order valence-corrected chi connectivity index (χ2v) is 8.11. The Morgan fingerprint density at radius 2 is 1.70 bits per heavy atom. The third kappa shape index (κ3) is 4.43. The molecular weight excluding hydrogens is 278 g/mol. The molecule has 7 heteroatoms. The number of hydrogen-bond acceptors (Lipinski definition) is 5. The van der Waals surface area contributed by atoms with Crippen molar-refractivity contribution < 1.29 is 13.2 Å². The van der Waals surface area contributed by atoms with E-state index in [1.54, 1.807) is 0 Å². The summed E-state index contributed by atoms with van der Waals surface area (Å²) in [5.74, 6) is 0.916. The smallest absolute Gasteiger partial charge is 0.222 e. The van der Waals surface area contributed by atoms with Gasteiger partial charge in [-0.15, -0.1) is 0 Å². The molecule has 0 bridgehead atoms. The maximum atomic E-state index is 12.2. The molecular formula is C13H25N3O3S. The van der Waals surface area contributed by atoms with Crippen LogP contribution in [-0.2, 0) is 14.6 Å². The van der Waals surface area contributed by atoms with E-state index in [9.17, 15) is 13.2 Å². The van der Waals surface area contributed by atoms with Crippen molar-refractivity contribution >= 4 is 15.7 Å². The summed E-state index contributed by atoms with van der Waals surface area (Å²) in [5.41, 5.74) is 5.53. The highest BCUT2D eigenvalue weighted by atomic mass is 32.2. The average molecular weight is 303 g/mol.